The summed E-state index contributed by atoms with van der Waals surface area (Å²) in [5, 5.41) is 0. The third-order valence-corrected chi connectivity index (χ3v) is 2.43. The van der Waals surface area contributed by atoms with Crippen molar-refractivity contribution in [2.75, 3.05) is 13.6 Å². The van der Waals surface area contributed by atoms with E-state index >= 15 is 0 Å². The summed E-state index contributed by atoms with van der Waals surface area (Å²) in [5.41, 5.74) is 0. The van der Waals surface area contributed by atoms with Crippen molar-refractivity contribution in [2.24, 2.45) is 0 Å². The van der Waals surface area contributed by atoms with E-state index in [0.29, 0.717) is 0 Å². The Kier molecular flexibility index (Phi) is 6.63. The van der Waals surface area contributed by atoms with E-state index in [0.717, 1.165) is 6.04 Å². The van der Waals surface area contributed by atoms with Gasteiger partial charge < -0.3 is 4.90 Å². The molecular formula is C10H23N. The average Bonchev–Trinajstić information content (AvgIpc) is 2.03. The highest BCUT2D eigenvalue weighted by Gasteiger charge is 2.08. The first kappa shape index (κ1) is 11.0. The van der Waals surface area contributed by atoms with Gasteiger partial charge in [0.15, 0.2) is 0 Å². The minimum atomic E-state index is 0.807. The van der Waals surface area contributed by atoms with Crippen LogP contribution in [0.2, 0.25) is 0 Å². The standard InChI is InChI=1S/C10H23N/c1-5-8-9-11(4)10(6-2)7-3/h10H,5-9H2,1-4H3. The molecule has 0 bridgehead atoms. The van der Waals surface area contributed by atoms with Crippen LogP contribution in [0, 0.1) is 0 Å². The van der Waals surface area contributed by atoms with E-state index in [1.165, 1.54) is 32.2 Å². The molecule has 11 heavy (non-hydrogen) atoms. The third kappa shape index (κ3) is 4.41. The predicted molar refractivity (Wildman–Crippen MR) is 51.9 cm³/mol. The Morgan fingerprint density at radius 2 is 1.64 bits per heavy atom. The molecule has 0 aromatic heterocycles. The fraction of sp³-hybridized carbons (Fsp3) is 1.00. The number of hydrogen-bond donors (Lipinski definition) is 0. The molecule has 1 nitrogen and oxygen atoms in total. The van der Waals surface area contributed by atoms with Gasteiger partial charge in [0.2, 0.25) is 0 Å². The summed E-state index contributed by atoms with van der Waals surface area (Å²) in [6.45, 7) is 8.07. The number of unbranched alkanes of at least 4 members (excludes halogenated alkanes) is 1. The quantitative estimate of drug-likeness (QED) is 0.573. The summed E-state index contributed by atoms with van der Waals surface area (Å²) < 4.78 is 0. The zero-order valence-corrected chi connectivity index (χ0v) is 8.56. The molecule has 0 rings (SSSR count). The molecule has 0 spiro atoms. The SMILES string of the molecule is CCCCN(C)C(CC)CC. The van der Waals surface area contributed by atoms with Crippen molar-refractivity contribution >= 4 is 0 Å². The van der Waals surface area contributed by atoms with Crippen molar-refractivity contribution in [3.63, 3.8) is 0 Å². The molecule has 0 atom stereocenters. The van der Waals surface area contributed by atoms with Crippen LogP contribution in [0.4, 0.5) is 0 Å². The summed E-state index contributed by atoms with van der Waals surface area (Å²) in [5.74, 6) is 0. The topological polar surface area (TPSA) is 3.24 Å². The molecule has 0 heterocycles. The van der Waals surface area contributed by atoms with Crippen LogP contribution in [0.5, 0.6) is 0 Å². The smallest absolute Gasteiger partial charge is 0.00869 e. The zero-order valence-electron chi connectivity index (χ0n) is 8.56. The monoisotopic (exact) mass is 157 g/mol. The first-order chi connectivity index (χ1) is 5.26. The Balaban J connectivity index is 3.51. The highest BCUT2D eigenvalue weighted by Crippen LogP contribution is 2.06. The molecule has 0 aromatic carbocycles. The van der Waals surface area contributed by atoms with Crippen LogP contribution in [-0.2, 0) is 0 Å². The number of nitrogens with zero attached hydrogens (tertiary/aromatic N) is 1. The largest absolute Gasteiger partial charge is 0.303 e. The van der Waals surface area contributed by atoms with Gasteiger partial charge >= 0.3 is 0 Å². The maximum Gasteiger partial charge on any atom is 0.00869 e. The number of hydrogen-bond acceptors (Lipinski definition) is 1. The van der Waals surface area contributed by atoms with E-state index < -0.39 is 0 Å². The van der Waals surface area contributed by atoms with Gasteiger partial charge in [-0.3, -0.25) is 0 Å². The van der Waals surface area contributed by atoms with Crippen molar-refractivity contribution in [3.8, 4) is 0 Å². The second-order valence-corrected chi connectivity index (χ2v) is 3.30. The fourth-order valence-corrected chi connectivity index (χ4v) is 1.50. The molecule has 0 saturated carbocycles. The van der Waals surface area contributed by atoms with Crippen LogP contribution in [0.3, 0.4) is 0 Å². The molecule has 0 aliphatic heterocycles. The molecule has 0 fully saturated rings. The summed E-state index contributed by atoms with van der Waals surface area (Å²) in [6, 6.07) is 0.807. The maximum absolute atomic E-state index is 2.49. The lowest BCUT2D eigenvalue weighted by Gasteiger charge is -2.25. The Morgan fingerprint density at radius 1 is 1.09 bits per heavy atom. The maximum atomic E-state index is 2.49. The molecule has 0 amide bonds. The van der Waals surface area contributed by atoms with Gasteiger partial charge in [-0.25, -0.2) is 0 Å². The van der Waals surface area contributed by atoms with Crippen LogP contribution in [-0.4, -0.2) is 24.5 Å². The van der Waals surface area contributed by atoms with Crippen molar-refractivity contribution in [1.29, 1.82) is 0 Å². The van der Waals surface area contributed by atoms with E-state index in [9.17, 15) is 0 Å². The van der Waals surface area contributed by atoms with Crippen LogP contribution in [0.1, 0.15) is 46.5 Å². The van der Waals surface area contributed by atoms with E-state index in [2.05, 4.69) is 32.7 Å². The second-order valence-electron chi connectivity index (χ2n) is 3.30. The van der Waals surface area contributed by atoms with Gasteiger partial charge in [0.05, 0.1) is 0 Å². The third-order valence-electron chi connectivity index (χ3n) is 2.43. The molecule has 1 heteroatoms. The molecule has 0 radical (unpaired) electrons. The molecule has 0 aliphatic rings. The summed E-state index contributed by atoms with van der Waals surface area (Å²) in [7, 11) is 2.24. The van der Waals surface area contributed by atoms with Gasteiger partial charge in [-0.1, -0.05) is 27.2 Å². The van der Waals surface area contributed by atoms with Crippen molar-refractivity contribution < 1.29 is 0 Å². The van der Waals surface area contributed by atoms with Crippen LogP contribution < -0.4 is 0 Å². The van der Waals surface area contributed by atoms with Gasteiger partial charge in [-0.05, 0) is 32.9 Å². The van der Waals surface area contributed by atoms with Crippen LogP contribution in [0.15, 0.2) is 0 Å². The molecule has 68 valence electrons. The Labute approximate surface area is 71.8 Å². The van der Waals surface area contributed by atoms with Crippen LogP contribution >= 0.6 is 0 Å². The lowest BCUT2D eigenvalue weighted by atomic mass is 10.1. The van der Waals surface area contributed by atoms with Gasteiger partial charge in [0, 0.05) is 6.04 Å². The first-order valence-electron chi connectivity index (χ1n) is 4.96. The molecule has 0 aromatic rings. The van der Waals surface area contributed by atoms with Gasteiger partial charge in [-0.2, -0.15) is 0 Å². The van der Waals surface area contributed by atoms with Crippen molar-refractivity contribution in [3.05, 3.63) is 0 Å². The lowest BCUT2D eigenvalue weighted by Crippen LogP contribution is -2.31. The number of rotatable bonds is 6. The average molecular weight is 157 g/mol. The first-order valence-corrected chi connectivity index (χ1v) is 4.96. The normalized spacial score (nSPS) is 11.5. The lowest BCUT2D eigenvalue weighted by molar-refractivity contribution is 0.227. The minimum Gasteiger partial charge on any atom is -0.303 e. The molecule has 0 unspecified atom stereocenters. The summed E-state index contributed by atoms with van der Waals surface area (Å²) >= 11 is 0. The molecular weight excluding hydrogens is 134 g/mol. The van der Waals surface area contributed by atoms with E-state index in [1.54, 1.807) is 0 Å². The van der Waals surface area contributed by atoms with Gasteiger partial charge in [-0.15, -0.1) is 0 Å². The van der Waals surface area contributed by atoms with E-state index in [1.807, 2.05) is 0 Å². The zero-order chi connectivity index (χ0) is 8.69. The van der Waals surface area contributed by atoms with Gasteiger partial charge in [0.25, 0.3) is 0 Å². The molecule has 0 aliphatic carbocycles. The highest BCUT2D eigenvalue weighted by molar-refractivity contribution is 4.64. The van der Waals surface area contributed by atoms with Gasteiger partial charge in [0.1, 0.15) is 0 Å². The Bertz CT molecular complexity index is 76.9. The Hall–Kier alpha value is -0.0400. The molecule has 0 N–H and O–H groups in total. The molecule has 0 saturated heterocycles. The Morgan fingerprint density at radius 3 is 2.00 bits per heavy atom. The highest BCUT2D eigenvalue weighted by atomic mass is 15.1. The van der Waals surface area contributed by atoms with Crippen LogP contribution in [0.25, 0.3) is 0 Å². The van der Waals surface area contributed by atoms with E-state index in [-0.39, 0.29) is 0 Å². The van der Waals surface area contributed by atoms with Crippen molar-refractivity contribution in [1.82, 2.24) is 4.90 Å². The van der Waals surface area contributed by atoms with Crippen molar-refractivity contribution in [2.45, 2.75) is 52.5 Å². The summed E-state index contributed by atoms with van der Waals surface area (Å²) in [4.78, 5) is 2.49. The van der Waals surface area contributed by atoms with E-state index in [4.69, 9.17) is 0 Å². The second kappa shape index (κ2) is 6.66. The fourth-order valence-electron chi connectivity index (χ4n) is 1.50. The predicted octanol–water partition coefficient (Wildman–Crippen LogP) is 2.91. The summed E-state index contributed by atoms with van der Waals surface area (Å²) in [6.07, 6.45) is 5.23. The minimum absolute atomic E-state index is 0.807.